The Hall–Kier alpha value is -1.73. The van der Waals surface area contributed by atoms with E-state index in [1.807, 2.05) is 0 Å². The molecule has 5 rings (SSSR count). The highest BCUT2D eigenvalue weighted by Gasteiger charge is 2.37. The van der Waals surface area contributed by atoms with Gasteiger partial charge in [0.25, 0.3) is 0 Å². The monoisotopic (exact) mass is 428 g/mol. The SMILES string of the molecule is O=C(C1CCOCC1)N1CCCCC[C@@H]1C1CCN(c2ncnc3ccsc23)CC1. The number of thiophene rings is 1. The lowest BCUT2D eigenvalue weighted by atomic mass is 9.85. The van der Waals surface area contributed by atoms with E-state index >= 15 is 0 Å². The molecule has 2 aromatic rings. The van der Waals surface area contributed by atoms with Gasteiger partial charge in [-0.15, -0.1) is 11.3 Å². The highest BCUT2D eigenvalue weighted by Crippen LogP contribution is 2.35. The van der Waals surface area contributed by atoms with E-state index in [1.165, 1.54) is 24.0 Å². The van der Waals surface area contributed by atoms with Crippen LogP contribution in [0.1, 0.15) is 51.4 Å². The Balaban J connectivity index is 1.28. The van der Waals surface area contributed by atoms with E-state index in [4.69, 9.17) is 4.74 Å². The van der Waals surface area contributed by atoms with Crippen molar-refractivity contribution >= 4 is 33.3 Å². The first-order valence-electron chi connectivity index (χ1n) is 11.6. The maximum atomic E-state index is 13.4. The molecule has 0 spiro atoms. The van der Waals surface area contributed by atoms with Gasteiger partial charge in [-0.1, -0.05) is 12.8 Å². The van der Waals surface area contributed by atoms with Crippen LogP contribution in [0.5, 0.6) is 0 Å². The minimum atomic E-state index is 0.174. The average Bonchev–Trinajstić information content (AvgIpc) is 3.16. The third kappa shape index (κ3) is 4.06. The molecule has 3 fully saturated rings. The van der Waals surface area contributed by atoms with Crippen LogP contribution in [0.25, 0.3) is 10.2 Å². The Labute approximate surface area is 182 Å². The Morgan fingerprint density at radius 2 is 1.83 bits per heavy atom. The van der Waals surface area contributed by atoms with Gasteiger partial charge in [0.15, 0.2) is 0 Å². The molecule has 3 aliphatic rings. The summed E-state index contributed by atoms with van der Waals surface area (Å²) in [6.45, 7) is 4.46. The number of carbonyl (C=O) groups is 1. The van der Waals surface area contributed by atoms with Gasteiger partial charge in [0.1, 0.15) is 12.1 Å². The van der Waals surface area contributed by atoms with Crippen LogP contribution in [-0.4, -0.2) is 59.7 Å². The standard InChI is InChI=1S/C23H32N4O2S/c28-23(18-7-13-29-14-8-18)27-10-3-1-2-4-20(27)17-5-11-26(12-6-17)22-21-19(9-15-30-21)24-16-25-22/h9,15-18,20H,1-8,10-14H2/t20-/m1/s1. The van der Waals surface area contributed by atoms with Gasteiger partial charge in [-0.3, -0.25) is 4.79 Å². The smallest absolute Gasteiger partial charge is 0.226 e. The summed E-state index contributed by atoms with van der Waals surface area (Å²) < 4.78 is 6.69. The number of carbonyl (C=O) groups excluding carboxylic acids is 1. The number of anilines is 1. The molecule has 162 valence electrons. The van der Waals surface area contributed by atoms with Crippen molar-refractivity contribution in [3.63, 3.8) is 0 Å². The van der Waals surface area contributed by atoms with Gasteiger partial charge < -0.3 is 14.5 Å². The zero-order valence-electron chi connectivity index (χ0n) is 17.7. The van der Waals surface area contributed by atoms with Crippen molar-refractivity contribution in [3.8, 4) is 0 Å². The van der Waals surface area contributed by atoms with Gasteiger partial charge in [0.2, 0.25) is 5.91 Å². The van der Waals surface area contributed by atoms with Crippen molar-refractivity contribution < 1.29 is 9.53 Å². The zero-order valence-corrected chi connectivity index (χ0v) is 18.5. The zero-order chi connectivity index (χ0) is 20.3. The van der Waals surface area contributed by atoms with E-state index < -0.39 is 0 Å². The number of rotatable bonds is 3. The molecule has 3 saturated heterocycles. The summed E-state index contributed by atoms with van der Waals surface area (Å²) in [7, 11) is 0. The first kappa shape index (κ1) is 20.2. The lowest BCUT2D eigenvalue weighted by Crippen LogP contribution is -2.50. The molecule has 0 radical (unpaired) electrons. The second-order valence-electron chi connectivity index (χ2n) is 8.99. The molecule has 0 aliphatic carbocycles. The predicted octanol–water partition coefficient (Wildman–Crippen LogP) is 4.11. The van der Waals surface area contributed by atoms with Gasteiger partial charge in [0, 0.05) is 44.8 Å². The Morgan fingerprint density at radius 1 is 1.00 bits per heavy atom. The Kier molecular flexibility index (Phi) is 6.18. The fourth-order valence-electron chi connectivity index (χ4n) is 5.57. The topological polar surface area (TPSA) is 58.6 Å². The molecule has 0 saturated carbocycles. The minimum absolute atomic E-state index is 0.174. The van der Waals surface area contributed by atoms with E-state index in [2.05, 4.69) is 31.2 Å². The second-order valence-corrected chi connectivity index (χ2v) is 9.91. The van der Waals surface area contributed by atoms with E-state index in [9.17, 15) is 4.79 Å². The van der Waals surface area contributed by atoms with Crippen LogP contribution in [0.15, 0.2) is 17.8 Å². The molecular weight excluding hydrogens is 396 g/mol. The number of hydrogen-bond donors (Lipinski definition) is 0. The summed E-state index contributed by atoms with van der Waals surface area (Å²) in [6.07, 6.45) is 10.6. The van der Waals surface area contributed by atoms with Gasteiger partial charge >= 0.3 is 0 Å². The van der Waals surface area contributed by atoms with Crippen molar-refractivity contribution in [3.05, 3.63) is 17.8 Å². The van der Waals surface area contributed by atoms with Crippen molar-refractivity contribution in [1.82, 2.24) is 14.9 Å². The van der Waals surface area contributed by atoms with E-state index in [0.717, 1.165) is 76.3 Å². The summed E-state index contributed by atoms with van der Waals surface area (Å²) in [6, 6.07) is 2.49. The molecule has 2 aromatic heterocycles. The number of aromatic nitrogens is 2. The molecule has 0 unspecified atom stereocenters. The van der Waals surface area contributed by atoms with Crippen LogP contribution < -0.4 is 4.90 Å². The number of nitrogens with zero attached hydrogens (tertiary/aromatic N) is 4. The number of hydrogen-bond acceptors (Lipinski definition) is 6. The highest BCUT2D eigenvalue weighted by atomic mass is 32.1. The number of amides is 1. The largest absolute Gasteiger partial charge is 0.381 e. The van der Waals surface area contributed by atoms with E-state index in [1.54, 1.807) is 17.7 Å². The van der Waals surface area contributed by atoms with Crippen molar-refractivity contribution in [1.29, 1.82) is 0 Å². The fourth-order valence-corrected chi connectivity index (χ4v) is 6.44. The van der Waals surface area contributed by atoms with Gasteiger partial charge in [0.05, 0.1) is 10.2 Å². The summed E-state index contributed by atoms with van der Waals surface area (Å²) in [5.74, 6) is 2.27. The van der Waals surface area contributed by atoms with Crippen molar-refractivity contribution in [2.24, 2.45) is 11.8 Å². The third-order valence-corrected chi connectivity index (χ3v) is 8.16. The predicted molar refractivity (Wildman–Crippen MR) is 120 cm³/mol. The molecule has 1 atom stereocenters. The fraction of sp³-hybridized carbons (Fsp3) is 0.696. The van der Waals surface area contributed by atoms with Gasteiger partial charge in [-0.25, -0.2) is 9.97 Å². The molecule has 7 heteroatoms. The Morgan fingerprint density at radius 3 is 2.67 bits per heavy atom. The number of ether oxygens (including phenoxy) is 1. The molecule has 1 amide bonds. The van der Waals surface area contributed by atoms with Crippen LogP contribution in [0.4, 0.5) is 5.82 Å². The van der Waals surface area contributed by atoms with Crippen molar-refractivity contribution in [2.45, 2.75) is 57.4 Å². The van der Waals surface area contributed by atoms with Crippen LogP contribution in [0.2, 0.25) is 0 Å². The normalized spacial score (nSPS) is 24.9. The lowest BCUT2D eigenvalue weighted by molar-refractivity contribution is -0.142. The molecule has 5 heterocycles. The van der Waals surface area contributed by atoms with Crippen molar-refractivity contribution in [2.75, 3.05) is 37.7 Å². The molecule has 30 heavy (non-hydrogen) atoms. The highest BCUT2D eigenvalue weighted by molar-refractivity contribution is 7.17. The molecule has 6 nitrogen and oxygen atoms in total. The maximum Gasteiger partial charge on any atom is 0.226 e. The molecular formula is C23H32N4O2S. The average molecular weight is 429 g/mol. The van der Waals surface area contributed by atoms with Gasteiger partial charge in [-0.05, 0) is 55.9 Å². The van der Waals surface area contributed by atoms with Crippen LogP contribution in [-0.2, 0) is 9.53 Å². The molecule has 0 aromatic carbocycles. The lowest BCUT2D eigenvalue weighted by Gasteiger charge is -2.42. The van der Waals surface area contributed by atoms with Crippen LogP contribution in [0.3, 0.4) is 0 Å². The summed E-state index contributed by atoms with van der Waals surface area (Å²) in [5.41, 5.74) is 1.05. The number of piperidine rings is 1. The molecule has 3 aliphatic heterocycles. The molecule has 0 bridgehead atoms. The Bertz CT molecular complexity index is 858. The third-order valence-electron chi connectivity index (χ3n) is 7.26. The quantitative estimate of drug-likeness (QED) is 0.736. The number of likely N-dealkylation sites (tertiary alicyclic amines) is 1. The summed E-state index contributed by atoms with van der Waals surface area (Å²) in [4.78, 5) is 27.1. The van der Waals surface area contributed by atoms with E-state index in [0.29, 0.717) is 17.9 Å². The van der Waals surface area contributed by atoms with Gasteiger partial charge in [-0.2, -0.15) is 0 Å². The second kappa shape index (κ2) is 9.18. The number of fused-ring (bicyclic) bond motifs is 1. The summed E-state index contributed by atoms with van der Waals surface area (Å²) in [5, 5.41) is 2.10. The molecule has 0 N–H and O–H groups in total. The van der Waals surface area contributed by atoms with Crippen LogP contribution in [0, 0.1) is 11.8 Å². The minimum Gasteiger partial charge on any atom is -0.381 e. The van der Waals surface area contributed by atoms with E-state index in [-0.39, 0.29) is 5.92 Å². The maximum absolute atomic E-state index is 13.4. The van der Waals surface area contributed by atoms with Crippen LogP contribution >= 0.6 is 11.3 Å². The summed E-state index contributed by atoms with van der Waals surface area (Å²) >= 11 is 1.73. The first-order valence-corrected chi connectivity index (χ1v) is 12.5. The first-order chi connectivity index (χ1) is 14.8.